The lowest BCUT2D eigenvalue weighted by molar-refractivity contribution is -0.113. The third kappa shape index (κ3) is 5.38. The highest BCUT2D eigenvalue weighted by Gasteiger charge is 2.16. The number of halogens is 2. The summed E-state index contributed by atoms with van der Waals surface area (Å²) in [5, 5.41) is 13.6. The predicted octanol–water partition coefficient (Wildman–Crippen LogP) is 3.92. The maximum atomic E-state index is 13.1. The smallest absolute Gasteiger partial charge is 0.257 e. The van der Waals surface area contributed by atoms with Crippen LogP contribution in [0.25, 0.3) is 11.4 Å². The summed E-state index contributed by atoms with van der Waals surface area (Å²) in [5.74, 6) is 4.66. The summed E-state index contributed by atoms with van der Waals surface area (Å²) in [4.78, 5) is 25.2. The Hall–Kier alpha value is -4.25. The number of hydrogen-bond acceptors (Lipinski definition) is 6. The molecule has 0 radical (unpaired) electrons. The van der Waals surface area contributed by atoms with Crippen LogP contribution in [0.2, 0.25) is 0 Å². The van der Waals surface area contributed by atoms with E-state index in [1.807, 2.05) is 0 Å². The van der Waals surface area contributed by atoms with Crippen molar-refractivity contribution >= 4 is 35.0 Å². The number of para-hydroxylation sites is 1. The molecule has 1 aromatic heterocycles. The standard InChI is InChI=1S/C23H18F2N6O2S/c24-15-7-5-14(6-8-15)21-29-30-23(31(21)26)34-13-20(32)28-19-4-2-1-3-18(19)22(33)27-17-11-9-16(25)10-12-17/h1-12H,13,26H2,(H,27,33)(H,28,32). The summed E-state index contributed by atoms with van der Waals surface area (Å²) >= 11 is 1.05. The molecule has 172 valence electrons. The maximum Gasteiger partial charge on any atom is 0.257 e. The molecule has 0 bridgehead atoms. The van der Waals surface area contributed by atoms with Gasteiger partial charge in [-0.15, -0.1) is 10.2 Å². The Balaban J connectivity index is 1.40. The van der Waals surface area contributed by atoms with E-state index in [2.05, 4.69) is 20.8 Å². The second kappa shape index (κ2) is 10.1. The number of anilines is 2. The molecule has 11 heteroatoms. The van der Waals surface area contributed by atoms with Crippen molar-refractivity contribution in [2.45, 2.75) is 5.16 Å². The molecular weight excluding hydrogens is 462 g/mol. The number of nitrogens with one attached hydrogen (secondary N) is 2. The van der Waals surface area contributed by atoms with Crippen molar-refractivity contribution in [3.05, 3.63) is 90.0 Å². The van der Waals surface area contributed by atoms with Crippen molar-refractivity contribution in [3.8, 4) is 11.4 Å². The van der Waals surface area contributed by atoms with Crippen LogP contribution in [0.1, 0.15) is 10.4 Å². The van der Waals surface area contributed by atoms with Gasteiger partial charge in [-0.25, -0.2) is 13.5 Å². The summed E-state index contributed by atoms with van der Waals surface area (Å²) in [6.45, 7) is 0. The Labute approximate surface area is 197 Å². The molecule has 1 heterocycles. The Bertz CT molecular complexity index is 1330. The highest BCUT2D eigenvalue weighted by atomic mass is 32.2. The zero-order valence-corrected chi connectivity index (χ0v) is 18.4. The maximum absolute atomic E-state index is 13.1. The molecule has 0 aliphatic carbocycles. The summed E-state index contributed by atoms with van der Waals surface area (Å²) in [7, 11) is 0. The molecule has 0 aliphatic rings. The van der Waals surface area contributed by atoms with Gasteiger partial charge >= 0.3 is 0 Å². The van der Waals surface area contributed by atoms with Gasteiger partial charge in [0.25, 0.3) is 5.91 Å². The van der Waals surface area contributed by atoms with E-state index in [0.717, 1.165) is 11.8 Å². The zero-order chi connectivity index (χ0) is 24.1. The number of aromatic nitrogens is 3. The summed E-state index contributed by atoms with van der Waals surface area (Å²) in [6.07, 6.45) is 0. The van der Waals surface area contributed by atoms with Crippen LogP contribution in [-0.2, 0) is 4.79 Å². The Morgan fingerprint density at radius 3 is 2.24 bits per heavy atom. The molecular formula is C23H18F2N6O2S. The van der Waals surface area contributed by atoms with Gasteiger partial charge in [0.05, 0.1) is 17.0 Å². The first kappa shape index (κ1) is 22.9. The van der Waals surface area contributed by atoms with E-state index < -0.39 is 17.6 Å². The lowest BCUT2D eigenvalue weighted by Gasteiger charge is -2.11. The van der Waals surface area contributed by atoms with Gasteiger partial charge in [0.1, 0.15) is 11.6 Å². The topological polar surface area (TPSA) is 115 Å². The Morgan fingerprint density at radius 1 is 0.882 bits per heavy atom. The van der Waals surface area contributed by atoms with Crippen LogP contribution in [0.4, 0.5) is 20.2 Å². The first-order chi connectivity index (χ1) is 16.4. The first-order valence-electron chi connectivity index (χ1n) is 9.96. The van der Waals surface area contributed by atoms with Crippen LogP contribution < -0.4 is 16.5 Å². The SMILES string of the molecule is Nn1c(SCC(=O)Nc2ccccc2C(=O)Nc2ccc(F)cc2)nnc1-c1ccc(F)cc1. The van der Waals surface area contributed by atoms with E-state index in [-0.39, 0.29) is 22.3 Å². The summed E-state index contributed by atoms with van der Waals surface area (Å²) < 4.78 is 27.4. The normalized spacial score (nSPS) is 10.6. The summed E-state index contributed by atoms with van der Waals surface area (Å²) in [5.41, 5.74) is 1.55. The van der Waals surface area contributed by atoms with Gasteiger partial charge in [-0.2, -0.15) is 0 Å². The van der Waals surface area contributed by atoms with Crippen molar-refractivity contribution in [1.29, 1.82) is 0 Å². The fourth-order valence-corrected chi connectivity index (χ4v) is 3.67. The number of nitrogens with two attached hydrogens (primary N) is 1. The van der Waals surface area contributed by atoms with Crippen LogP contribution in [0.15, 0.2) is 78.0 Å². The fraction of sp³-hybridized carbons (Fsp3) is 0.0435. The average Bonchev–Trinajstić information content (AvgIpc) is 3.20. The molecule has 0 fully saturated rings. The number of hydrogen-bond donors (Lipinski definition) is 3. The van der Waals surface area contributed by atoms with E-state index in [9.17, 15) is 18.4 Å². The van der Waals surface area contributed by atoms with Crippen LogP contribution in [-0.4, -0.2) is 32.4 Å². The number of thioether (sulfide) groups is 1. The van der Waals surface area contributed by atoms with Gasteiger partial charge in [-0.3, -0.25) is 9.59 Å². The largest absolute Gasteiger partial charge is 0.335 e. The second-order valence-corrected chi connectivity index (χ2v) is 7.97. The number of amides is 2. The molecule has 4 aromatic rings. The average molecular weight is 481 g/mol. The van der Waals surface area contributed by atoms with Crippen molar-refractivity contribution in [2.24, 2.45) is 0 Å². The van der Waals surface area contributed by atoms with Gasteiger partial charge in [-0.1, -0.05) is 23.9 Å². The Morgan fingerprint density at radius 2 is 1.53 bits per heavy atom. The van der Waals surface area contributed by atoms with E-state index >= 15 is 0 Å². The van der Waals surface area contributed by atoms with E-state index in [1.54, 1.807) is 24.3 Å². The van der Waals surface area contributed by atoms with Gasteiger partial charge in [0, 0.05) is 11.3 Å². The minimum atomic E-state index is -0.458. The van der Waals surface area contributed by atoms with Crippen molar-refractivity contribution < 1.29 is 18.4 Å². The minimum Gasteiger partial charge on any atom is -0.335 e. The van der Waals surface area contributed by atoms with E-state index in [1.165, 1.54) is 53.2 Å². The molecule has 2 amide bonds. The number of carbonyl (C=O) groups is 2. The van der Waals surface area contributed by atoms with Crippen molar-refractivity contribution in [3.63, 3.8) is 0 Å². The number of rotatable bonds is 7. The van der Waals surface area contributed by atoms with Crippen molar-refractivity contribution in [1.82, 2.24) is 14.9 Å². The highest BCUT2D eigenvalue weighted by Crippen LogP contribution is 2.23. The van der Waals surface area contributed by atoms with Crippen LogP contribution in [0.3, 0.4) is 0 Å². The number of nitrogens with zero attached hydrogens (tertiary/aromatic N) is 3. The second-order valence-electron chi connectivity index (χ2n) is 7.03. The number of nitrogen functional groups attached to an aromatic ring is 1. The highest BCUT2D eigenvalue weighted by molar-refractivity contribution is 7.99. The number of benzene rings is 3. The Kier molecular flexibility index (Phi) is 6.83. The molecule has 0 spiro atoms. The van der Waals surface area contributed by atoms with Gasteiger partial charge < -0.3 is 16.5 Å². The molecule has 4 rings (SSSR count). The molecule has 3 aromatic carbocycles. The van der Waals surface area contributed by atoms with Crippen LogP contribution in [0, 0.1) is 11.6 Å². The monoisotopic (exact) mass is 480 g/mol. The van der Waals surface area contributed by atoms with E-state index in [4.69, 9.17) is 5.84 Å². The van der Waals surface area contributed by atoms with Crippen molar-refractivity contribution in [2.75, 3.05) is 22.2 Å². The third-order valence-corrected chi connectivity index (χ3v) is 5.59. The molecule has 0 atom stereocenters. The van der Waals surface area contributed by atoms with Crippen LogP contribution >= 0.6 is 11.8 Å². The van der Waals surface area contributed by atoms with E-state index in [0.29, 0.717) is 22.8 Å². The molecule has 0 unspecified atom stereocenters. The fourth-order valence-electron chi connectivity index (χ4n) is 3.01. The van der Waals surface area contributed by atoms with Gasteiger partial charge in [0.15, 0.2) is 5.82 Å². The molecule has 4 N–H and O–H groups in total. The quantitative estimate of drug-likeness (QED) is 0.273. The van der Waals surface area contributed by atoms with Crippen LogP contribution in [0.5, 0.6) is 0 Å². The molecule has 34 heavy (non-hydrogen) atoms. The summed E-state index contributed by atoms with van der Waals surface area (Å²) in [6, 6.07) is 17.5. The molecule has 0 saturated heterocycles. The predicted molar refractivity (Wildman–Crippen MR) is 126 cm³/mol. The number of carbonyl (C=O) groups excluding carboxylic acids is 2. The minimum absolute atomic E-state index is 0.0489. The lowest BCUT2D eigenvalue weighted by Crippen LogP contribution is -2.20. The lowest BCUT2D eigenvalue weighted by atomic mass is 10.1. The molecule has 0 saturated carbocycles. The zero-order valence-electron chi connectivity index (χ0n) is 17.5. The molecule has 0 aliphatic heterocycles. The van der Waals surface area contributed by atoms with Gasteiger partial charge in [-0.05, 0) is 60.7 Å². The molecule has 8 nitrogen and oxygen atoms in total. The first-order valence-corrected chi connectivity index (χ1v) is 10.9. The third-order valence-electron chi connectivity index (χ3n) is 4.65. The van der Waals surface area contributed by atoms with Gasteiger partial charge in [0.2, 0.25) is 11.1 Å².